The Bertz CT molecular complexity index is 401. The van der Waals surface area contributed by atoms with Crippen LogP contribution in [0.3, 0.4) is 0 Å². The third-order valence-electron chi connectivity index (χ3n) is 2.95. The van der Waals surface area contributed by atoms with Crippen LogP contribution in [0.4, 0.5) is 0 Å². The van der Waals surface area contributed by atoms with Gasteiger partial charge in [0, 0.05) is 24.2 Å². The second-order valence-corrected chi connectivity index (χ2v) is 6.23. The molecular weight excluding hydrogens is 236 g/mol. The molecule has 108 valence electrons. The average Bonchev–Trinajstić information content (AvgIpc) is 2.71. The summed E-state index contributed by atoms with van der Waals surface area (Å²) in [4.78, 5) is 2.34. The Kier molecular flexibility index (Phi) is 5.83. The molecule has 0 aromatic carbocycles. The maximum Gasteiger partial charge on any atom is 0.122 e. The Hall–Kier alpha value is -1.06. The molecular formula is C16H28N2O. The average molecular weight is 264 g/mol. The summed E-state index contributed by atoms with van der Waals surface area (Å²) in [7, 11) is 0. The molecule has 0 atom stereocenters. The number of hydrogen-bond donors (Lipinski definition) is 1. The fraction of sp³-hybridized carbons (Fsp3) is 0.625. The second kappa shape index (κ2) is 6.92. The molecule has 19 heavy (non-hydrogen) atoms. The molecule has 0 fully saturated rings. The maximum atomic E-state index is 5.63. The third kappa shape index (κ3) is 6.08. The summed E-state index contributed by atoms with van der Waals surface area (Å²) in [6.07, 6.45) is 1.78. The minimum atomic E-state index is 0.122. The predicted molar refractivity (Wildman–Crippen MR) is 81.1 cm³/mol. The van der Waals surface area contributed by atoms with Crippen molar-refractivity contribution in [2.24, 2.45) is 0 Å². The van der Waals surface area contributed by atoms with Crippen LogP contribution in [0.5, 0.6) is 0 Å². The van der Waals surface area contributed by atoms with E-state index in [-0.39, 0.29) is 5.54 Å². The van der Waals surface area contributed by atoms with Crippen LogP contribution in [0.15, 0.2) is 28.9 Å². The van der Waals surface area contributed by atoms with Gasteiger partial charge in [-0.05, 0) is 40.3 Å². The molecule has 0 spiro atoms. The van der Waals surface area contributed by atoms with Crippen molar-refractivity contribution in [1.29, 1.82) is 0 Å². The van der Waals surface area contributed by atoms with Gasteiger partial charge in [0.05, 0.1) is 12.8 Å². The molecule has 1 aromatic rings. The van der Waals surface area contributed by atoms with Crippen LogP contribution in [0.1, 0.15) is 45.9 Å². The van der Waals surface area contributed by atoms with Gasteiger partial charge in [-0.25, -0.2) is 0 Å². The van der Waals surface area contributed by atoms with Crippen LogP contribution in [-0.4, -0.2) is 23.5 Å². The SMILES string of the molecule is C=C(C)CN(CC)Cc1occc1CNC(C)(C)C. The molecule has 1 rings (SSSR count). The van der Waals surface area contributed by atoms with Gasteiger partial charge >= 0.3 is 0 Å². The molecule has 1 aromatic heterocycles. The highest BCUT2D eigenvalue weighted by Gasteiger charge is 2.14. The molecule has 0 unspecified atom stereocenters. The lowest BCUT2D eigenvalue weighted by Gasteiger charge is -2.22. The highest BCUT2D eigenvalue weighted by molar-refractivity contribution is 5.17. The minimum Gasteiger partial charge on any atom is -0.468 e. The second-order valence-electron chi connectivity index (χ2n) is 6.23. The van der Waals surface area contributed by atoms with Gasteiger partial charge in [0.15, 0.2) is 0 Å². The number of nitrogens with one attached hydrogen (secondary N) is 1. The Balaban J connectivity index is 2.63. The monoisotopic (exact) mass is 264 g/mol. The first kappa shape index (κ1) is 16.0. The van der Waals surface area contributed by atoms with Gasteiger partial charge in [-0.3, -0.25) is 4.90 Å². The van der Waals surface area contributed by atoms with Crippen molar-refractivity contribution in [3.63, 3.8) is 0 Å². The van der Waals surface area contributed by atoms with E-state index in [4.69, 9.17) is 4.42 Å². The molecule has 0 saturated carbocycles. The number of furan rings is 1. The lowest BCUT2D eigenvalue weighted by atomic mass is 10.1. The van der Waals surface area contributed by atoms with Crippen molar-refractivity contribution >= 4 is 0 Å². The highest BCUT2D eigenvalue weighted by Crippen LogP contribution is 2.15. The highest BCUT2D eigenvalue weighted by atomic mass is 16.3. The van der Waals surface area contributed by atoms with E-state index < -0.39 is 0 Å². The molecule has 0 radical (unpaired) electrons. The van der Waals surface area contributed by atoms with E-state index in [1.165, 1.54) is 11.1 Å². The zero-order chi connectivity index (χ0) is 14.5. The largest absolute Gasteiger partial charge is 0.468 e. The van der Waals surface area contributed by atoms with Crippen molar-refractivity contribution in [3.05, 3.63) is 35.8 Å². The Labute approximate surface area is 117 Å². The van der Waals surface area contributed by atoms with Crippen LogP contribution < -0.4 is 5.32 Å². The van der Waals surface area contributed by atoms with Gasteiger partial charge in [0.25, 0.3) is 0 Å². The molecule has 0 bridgehead atoms. The van der Waals surface area contributed by atoms with E-state index in [9.17, 15) is 0 Å². The molecule has 1 heterocycles. The van der Waals surface area contributed by atoms with Crippen molar-refractivity contribution in [3.8, 4) is 0 Å². The van der Waals surface area contributed by atoms with Gasteiger partial charge in [0.2, 0.25) is 0 Å². The molecule has 1 N–H and O–H groups in total. The Morgan fingerprint density at radius 3 is 2.63 bits per heavy atom. The van der Waals surface area contributed by atoms with Crippen molar-refractivity contribution in [2.45, 2.75) is 53.2 Å². The van der Waals surface area contributed by atoms with E-state index in [0.717, 1.165) is 31.9 Å². The molecule has 3 heteroatoms. The van der Waals surface area contributed by atoms with E-state index in [1.807, 2.05) is 0 Å². The van der Waals surface area contributed by atoms with Crippen molar-refractivity contribution < 1.29 is 4.42 Å². The third-order valence-corrected chi connectivity index (χ3v) is 2.95. The van der Waals surface area contributed by atoms with E-state index in [1.54, 1.807) is 6.26 Å². The summed E-state index contributed by atoms with van der Waals surface area (Å²) in [6.45, 7) is 18.3. The topological polar surface area (TPSA) is 28.4 Å². The zero-order valence-electron chi connectivity index (χ0n) is 13.0. The normalized spacial score (nSPS) is 12.1. The van der Waals surface area contributed by atoms with Crippen LogP contribution >= 0.6 is 0 Å². The Morgan fingerprint density at radius 2 is 2.11 bits per heavy atom. The van der Waals surface area contributed by atoms with E-state index in [0.29, 0.717) is 0 Å². The maximum absolute atomic E-state index is 5.63. The van der Waals surface area contributed by atoms with E-state index in [2.05, 4.69) is 57.5 Å². The predicted octanol–water partition coefficient (Wildman–Crippen LogP) is 3.57. The lowest BCUT2D eigenvalue weighted by molar-refractivity contribution is 0.273. The Morgan fingerprint density at radius 1 is 1.42 bits per heavy atom. The lowest BCUT2D eigenvalue weighted by Crippen LogP contribution is -2.35. The molecule has 0 amide bonds. The molecule has 0 aliphatic carbocycles. The summed E-state index contributed by atoms with van der Waals surface area (Å²) >= 11 is 0. The van der Waals surface area contributed by atoms with Crippen LogP contribution in [0, 0.1) is 0 Å². The van der Waals surface area contributed by atoms with Crippen molar-refractivity contribution in [2.75, 3.05) is 13.1 Å². The van der Waals surface area contributed by atoms with Crippen LogP contribution in [0.2, 0.25) is 0 Å². The number of likely N-dealkylation sites (N-methyl/N-ethyl adjacent to an activating group) is 1. The molecule has 0 aliphatic heterocycles. The summed E-state index contributed by atoms with van der Waals surface area (Å²) in [5.41, 5.74) is 2.55. The quantitative estimate of drug-likeness (QED) is 0.763. The fourth-order valence-corrected chi connectivity index (χ4v) is 1.89. The fourth-order valence-electron chi connectivity index (χ4n) is 1.89. The van der Waals surface area contributed by atoms with Crippen molar-refractivity contribution in [1.82, 2.24) is 10.2 Å². The van der Waals surface area contributed by atoms with E-state index >= 15 is 0 Å². The first-order chi connectivity index (χ1) is 8.81. The van der Waals surface area contributed by atoms with Gasteiger partial charge in [0.1, 0.15) is 5.76 Å². The minimum absolute atomic E-state index is 0.122. The summed E-state index contributed by atoms with van der Waals surface area (Å²) < 4.78 is 5.63. The number of rotatable bonds is 7. The summed E-state index contributed by atoms with van der Waals surface area (Å²) in [5, 5.41) is 3.50. The smallest absolute Gasteiger partial charge is 0.122 e. The van der Waals surface area contributed by atoms with Gasteiger partial charge < -0.3 is 9.73 Å². The molecule has 3 nitrogen and oxygen atoms in total. The zero-order valence-corrected chi connectivity index (χ0v) is 13.0. The summed E-state index contributed by atoms with van der Waals surface area (Å²) in [6, 6.07) is 2.06. The molecule has 0 saturated heterocycles. The summed E-state index contributed by atoms with van der Waals surface area (Å²) in [5.74, 6) is 1.06. The first-order valence-corrected chi connectivity index (χ1v) is 6.99. The molecule has 0 aliphatic rings. The van der Waals surface area contributed by atoms with Crippen LogP contribution in [0.25, 0.3) is 0 Å². The first-order valence-electron chi connectivity index (χ1n) is 6.99. The number of nitrogens with zero attached hydrogens (tertiary/aromatic N) is 1. The van der Waals surface area contributed by atoms with Gasteiger partial charge in [-0.1, -0.05) is 19.1 Å². The number of hydrogen-bond acceptors (Lipinski definition) is 3. The van der Waals surface area contributed by atoms with Gasteiger partial charge in [-0.2, -0.15) is 0 Å². The van der Waals surface area contributed by atoms with Gasteiger partial charge in [-0.15, -0.1) is 0 Å². The van der Waals surface area contributed by atoms with Crippen LogP contribution in [-0.2, 0) is 13.1 Å². The standard InChI is InChI=1S/C16H28N2O/c1-7-18(11-13(2)3)12-15-14(8-9-19-15)10-17-16(4,5)6/h8-9,17H,2,7,10-12H2,1,3-6H3.